The van der Waals surface area contributed by atoms with Crippen LogP contribution in [0.1, 0.15) is 38.5 Å². The van der Waals surface area contributed by atoms with E-state index in [1.54, 1.807) is 0 Å². The lowest BCUT2D eigenvalue weighted by Crippen LogP contribution is -1.90. The van der Waals surface area contributed by atoms with Crippen molar-refractivity contribution >= 4 is 31.9 Å². The minimum Gasteiger partial charge on any atom is -0.0721 e. The van der Waals surface area contributed by atoms with Gasteiger partial charge in [-0.3, -0.25) is 0 Å². The first-order valence-electron chi connectivity index (χ1n) is 4.61. The molecule has 0 aromatic carbocycles. The second-order valence-corrected chi connectivity index (χ2v) is 7.57. The molecule has 0 N–H and O–H groups in total. The van der Waals surface area contributed by atoms with E-state index < -0.39 is 0 Å². The van der Waals surface area contributed by atoms with Crippen LogP contribution in [0.25, 0.3) is 0 Å². The molecule has 2 heteroatoms. The minimum absolute atomic E-state index is 0.352. The number of fused-ring (bicyclic) bond motifs is 1. The van der Waals surface area contributed by atoms with Gasteiger partial charge in [-0.25, -0.2) is 0 Å². The quantitative estimate of drug-likeness (QED) is 0.587. The van der Waals surface area contributed by atoms with E-state index in [-0.39, 0.29) is 0 Å². The minimum atomic E-state index is 0.352. The summed E-state index contributed by atoms with van der Waals surface area (Å²) in [5.41, 5.74) is 0. The van der Waals surface area contributed by atoms with Crippen LogP contribution in [0.2, 0.25) is 0 Å². The number of hydrogen-bond donors (Lipinski definition) is 0. The lowest BCUT2D eigenvalue weighted by molar-refractivity contribution is 0.485. The fraction of sp³-hybridized carbons (Fsp3) is 1.00. The molecule has 0 amide bonds. The molecule has 2 atom stereocenters. The first-order valence-corrected chi connectivity index (χ1v) is 6.19. The van der Waals surface area contributed by atoms with Crippen LogP contribution in [0.3, 0.4) is 0 Å². The fourth-order valence-electron chi connectivity index (χ4n) is 2.33. The van der Waals surface area contributed by atoms with Gasteiger partial charge in [0.25, 0.3) is 0 Å². The topological polar surface area (TPSA) is 0 Å². The number of rotatable bonds is 0. The van der Waals surface area contributed by atoms with E-state index >= 15 is 0 Å². The molecule has 0 nitrogen and oxygen atoms in total. The number of halogens is 2. The second-order valence-electron chi connectivity index (χ2n) is 3.88. The molecule has 64 valence electrons. The average Bonchev–Trinajstić information content (AvgIpc) is 2.29. The Morgan fingerprint density at radius 3 is 1.73 bits per heavy atom. The first-order chi connectivity index (χ1) is 5.23. The van der Waals surface area contributed by atoms with Crippen molar-refractivity contribution in [3.05, 3.63) is 0 Å². The molecule has 0 aliphatic heterocycles. The maximum Gasteiger partial charge on any atom is 0.0868 e. The van der Waals surface area contributed by atoms with E-state index in [1.807, 2.05) is 0 Å². The lowest BCUT2D eigenvalue weighted by Gasteiger charge is -2.04. The highest BCUT2D eigenvalue weighted by Gasteiger charge is 2.60. The Kier molecular flexibility index (Phi) is 2.35. The molecule has 2 fully saturated rings. The van der Waals surface area contributed by atoms with Crippen molar-refractivity contribution in [3.63, 3.8) is 0 Å². The smallest absolute Gasteiger partial charge is 0.0721 e. The van der Waals surface area contributed by atoms with Crippen molar-refractivity contribution < 1.29 is 0 Å². The molecule has 11 heavy (non-hydrogen) atoms. The molecule has 0 aromatic heterocycles. The van der Waals surface area contributed by atoms with Gasteiger partial charge in [0.15, 0.2) is 0 Å². The van der Waals surface area contributed by atoms with E-state index in [0.717, 1.165) is 11.8 Å². The molecule has 0 aromatic rings. The first kappa shape index (κ1) is 8.55. The van der Waals surface area contributed by atoms with Gasteiger partial charge in [-0.2, -0.15) is 0 Å². The van der Waals surface area contributed by atoms with Crippen LogP contribution in [0, 0.1) is 11.8 Å². The SMILES string of the molecule is BrC1(Br)[C@@H]2CCCCCC[C@H]21. The molecule has 0 heterocycles. The normalized spacial score (nSPS) is 42.0. The van der Waals surface area contributed by atoms with Crippen LogP contribution >= 0.6 is 31.9 Å². The van der Waals surface area contributed by atoms with E-state index in [1.165, 1.54) is 38.5 Å². The van der Waals surface area contributed by atoms with Gasteiger partial charge in [0.05, 0.1) is 3.23 Å². The van der Waals surface area contributed by atoms with E-state index in [4.69, 9.17) is 0 Å². The highest BCUT2D eigenvalue weighted by molar-refractivity contribution is 9.25. The van der Waals surface area contributed by atoms with Crippen molar-refractivity contribution in [2.45, 2.75) is 41.8 Å². The zero-order valence-corrected chi connectivity index (χ0v) is 9.83. The standard InChI is InChI=1S/C9H14Br2/c10-9(11)7-5-3-1-2-4-6-8(7)9/h7-8H,1-6H2/t7-,8-/m1/s1. The Bertz CT molecular complexity index is 138. The Morgan fingerprint density at radius 2 is 1.27 bits per heavy atom. The maximum absolute atomic E-state index is 3.77. The van der Waals surface area contributed by atoms with Crippen LogP contribution in [0.15, 0.2) is 0 Å². The van der Waals surface area contributed by atoms with Crippen molar-refractivity contribution in [1.29, 1.82) is 0 Å². The van der Waals surface area contributed by atoms with Gasteiger partial charge in [-0.1, -0.05) is 57.5 Å². The Balaban J connectivity index is 1.95. The van der Waals surface area contributed by atoms with Crippen LogP contribution < -0.4 is 0 Å². The molecular formula is C9H14Br2. The van der Waals surface area contributed by atoms with Crippen LogP contribution in [0.4, 0.5) is 0 Å². The number of alkyl halides is 2. The summed E-state index contributed by atoms with van der Waals surface area (Å²) >= 11 is 7.53. The van der Waals surface area contributed by atoms with Gasteiger partial charge < -0.3 is 0 Å². The zero-order chi connectivity index (χ0) is 7.90. The molecule has 2 aliphatic carbocycles. The highest BCUT2D eigenvalue weighted by Crippen LogP contribution is 2.66. The van der Waals surface area contributed by atoms with Gasteiger partial charge in [-0.15, -0.1) is 0 Å². The molecule has 0 bridgehead atoms. The van der Waals surface area contributed by atoms with Crippen LogP contribution in [-0.4, -0.2) is 3.23 Å². The third-order valence-corrected chi connectivity index (χ3v) is 5.50. The molecule has 0 radical (unpaired) electrons. The molecule has 0 unspecified atom stereocenters. The largest absolute Gasteiger partial charge is 0.0868 e. The summed E-state index contributed by atoms with van der Waals surface area (Å²) in [5, 5.41) is 0. The maximum atomic E-state index is 3.77. The van der Waals surface area contributed by atoms with E-state index in [0.29, 0.717) is 3.23 Å². The molecule has 2 rings (SSSR count). The molecule has 0 saturated heterocycles. The summed E-state index contributed by atoms with van der Waals surface area (Å²) in [6, 6.07) is 0. The van der Waals surface area contributed by atoms with Gasteiger partial charge >= 0.3 is 0 Å². The van der Waals surface area contributed by atoms with Crippen molar-refractivity contribution in [3.8, 4) is 0 Å². The molecular weight excluding hydrogens is 268 g/mol. The summed E-state index contributed by atoms with van der Waals surface area (Å²) < 4.78 is 0.352. The van der Waals surface area contributed by atoms with E-state index in [9.17, 15) is 0 Å². The van der Waals surface area contributed by atoms with Gasteiger partial charge in [0.1, 0.15) is 0 Å². The third kappa shape index (κ3) is 1.53. The highest BCUT2D eigenvalue weighted by atomic mass is 79.9. The predicted octanol–water partition coefficient (Wildman–Crippen LogP) is 4.07. The van der Waals surface area contributed by atoms with Crippen molar-refractivity contribution in [2.75, 3.05) is 0 Å². The Labute approximate surface area is 85.4 Å². The van der Waals surface area contributed by atoms with Crippen molar-refractivity contribution in [1.82, 2.24) is 0 Å². The summed E-state index contributed by atoms with van der Waals surface area (Å²) in [5.74, 6) is 1.87. The second kappa shape index (κ2) is 3.02. The molecule has 2 saturated carbocycles. The Hall–Kier alpha value is 0.960. The summed E-state index contributed by atoms with van der Waals surface area (Å²) in [6.45, 7) is 0. The molecule has 2 aliphatic rings. The summed E-state index contributed by atoms with van der Waals surface area (Å²) in [4.78, 5) is 0. The summed E-state index contributed by atoms with van der Waals surface area (Å²) in [6.07, 6.45) is 8.67. The molecule has 0 spiro atoms. The average molecular weight is 282 g/mol. The van der Waals surface area contributed by atoms with Gasteiger partial charge in [0.2, 0.25) is 0 Å². The lowest BCUT2D eigenvalue weighted by atomic mass is 10.0. The Morgan fingerprint density at radius 1 is 0.818 bits per heavy atom. The van der Waals surface area contributed by atoms with Crippen molar-refractivity contribution in [2.24, 2.45) is 11.8 Å². The zero-order valence-electron chi connectivity index (χ0n) is 6.65. The summed E-state index contributed by atoms with van der Waals surface area (Å²) in [7, 11) is 0. The fourth-order valence-corrected chi connectivity index (χ4v) is 4.26. The van der Waals surface area contributed by atoms with Crippen LogP contribution in [-0.2, 0) is 0 Å². The third-order valence-electron chi connectivity index (χ3n) is 3.15. The van der Waals surface area contributed by atoms with Gasteiger partial charge in [-0.05, 0) is 24.7 Å². The number of hydrogen-bond acceptors (Lipinski definition) is 0. The van der Waals surface area contributed by atoms with E-state index in [2.05, 4.69) is 31.9 Å². The van der Waals surface area contributed by atoms with Gasteiger partial charge in [0, 0.05) is 0 Å². The van der Waals surface area contributed by atoms with Crippen LogP contribution in [0.5, 0.6) is 0 Å². The monoisotopic (exact) mass is 280 g/mol. The predicted molar refractivity (Wildman–Crippen MR) is 55.3 cm³/mol.